The zero-order valence-corrected chi connectivity index (χ0v) is 11.2. The van der Waals surface area contributed by atoms with Crippen LogP contribution in [0, 0.1) is 0 Å². The lowest BCUT2D eigenvalue weighted by molar-refractivity contribution is 0.319. The smallest absolute Gasteiger partial charge is 0.0271 e. The standard InChI is InChI=1S/C13H24N4/c1-16(2)10-8-15-9-11-17(3)12-13-4-6-14-7-5-13/h4-7,15H,8-12H2,1-3H3. The molecule has 4 nitrogen and oxygen atoms in total. The summed E-state index contributed by atoms with van der Waals surface area (Å²) in [5.74, 6) is 0. The normalized spacial score (nSPS) is 11.4. The second-order valence-electron chi connectivity index (χ2n) is 4.65. The molecule has 96 valence electrons. The van der Waals surface area contributed by atoms with Crippen LogP contribution in [0.1, 0.15) is 5.56 Å². The number of hydrogen-bond donors (Lipinski definition) is 1. The van der Waals surface area contributed by atoms with E-state index in [1.165, 1.54) is 5.56 Å². The van der Waals surface area contributed by atoms with Crippen molar-refractivity contribution in [3.05, 3.63) is 30.1 Å². The summed E-state index contributed by atoms with van der Waals surface area (Å²) < 4.78 is 0. The molecule has 1 heterocycles. The van der Waals surface area contributed by atoms with Gasteiger partial charge in [0.1, 0.15) is 0 Å². The highest BCUT2D eigenvalue weighted by Gasteiger charge is 1.99. The number of likely N-dealkylation sites (N-methyl/N-ethyl adjacent to an activating group) is 2. The number of hydrogen-bond acceptors (Lipinski definition) is 4. The minimum absolute atomic E-state index is 0.984. The fraction of sp³-hybridized carbons (Fsp3) is 0.615. The Labute approximate surface area is 105 Å². The molecule has 0 saturated carbocycles. The van der Waals surface area contributed by atoms with Crippen molar-refractivity contribution >= 4 is 0 Å². The Morgan fingerprint density at radius 1 is 1.06 bits per heavy atom. The highest BCUT2D eigenvalue weighted by molar-refractivity contribution is 5.09. The Bertz CT molecular complexity index is 287. The van der Waals surface area contributed by atoms with E-state index in [0.717, 1.165) is 32.7 Å². The Morgan fingerprint density at radius 3 is 2.35 bits per heavy atom. The minimum atomic E-state index is 0.984. The summed E-state index contributed by atoms with van der Waals surface area (Å²) in [5.41, 5.74) is 1.32. The lowest BCUT2D eigenvalue weighted by Crippen LogP contribution is -2.33. The summed E-state index contributed by atoms with van der Waals surface area (Å²) in [7, 11) is 6.34. The Hall–Kier alpha value is -0.970. The zero-order valence-electron chi connectivity index (χ0n) is 11.2. The minimum Gasteiger partial charge on any atom is -0.314 e. The maximum atomic E-state index is 4.02. The van der Waals surface area contributed by atoms with E-state index < -0.39 is 0 Å². The SMILES string of the molecule is CN(C)CCNCCN(C)Cc1ccncc1. The van der Waals surface area contributed by atoms with Crippen molar-refractivity contribution in [2.75, 3.05) is 47.3 Å². The van der Waals surface area contributed by atoms with E-state index in [4.69, 9.17) is 0 Å². The van der Waals surface area contributed by atoms with Crippen LogP contribution < -0.4 is 5.32 Å². The first-order valence-electron chi connectivity index (χ1n) is 6.11. The molecule has 0 spiro atoms. The first kappa shape index (κ1) is 14.1. The van der Waals surface area contributed by atoms with Crippen molar-refractivity contribution in [2.24, 2.45) is 0 Å². The molecule has 0 aromatic carbocycles. The van der Waals surface area contributed by atoms with Crippen LogP contribution in [0.25, 0.3) is 0 Å². The van der Waals surface area contributed by atoms with Gasteiger partial charge in [-0.2, -0.15) is 0 Å². The molecule has 0 aliphatic heterocycles. The van der Waals surface area contributed by atoms with E-state index in [-0.39, 0.29) is 0 Å². The molecule has 0 atom stereocenters. The van der Waals surface area contributed by atoms with Gasteiger partial charge >= 0.3 is 0 Å². The summed E-state index contributed by atoms with van der Waals surface area (Å²) in [6, 6.07) is 4.13. The second kappa shape index (κ2) is 8.17. The van der Waals surface area contributed by atoms with Gasteiger partial charge in [0.05, 0.1) is 0 Å². The fourth-order valence-corrected chi connectivity index (χ4v) is 1.58. The van der Waals surface area contributed by atoms with Gasteiger partial charge in [0.25, 0.3) is 0 Å². The Morgan fingerprint density at radius 2 is 1.71 bits per heavy atom. The molecule has 0 unspecified atom stereocenters. The molecule has 17 heavy (non-hydrogen) atoms. The van der Waals surface area contributed by atoms with Crippen LogP contribution in [0.4, 0.5) is 0 Å². The molecule has 0 fully saturated rings. The predicted octanol–water partition coefficient (Wildman–Crippen LogP) is 0.665. The first-order valence-corrected chi connectivity index (χ1v) is 6.11. The molecule has 0 bridgehead atoms. The monoisotopic (exact) mass is 236 g/mol. The van der Waals surface area contributed by atoms with Gasteiger partial charge in [0.2, 0.25) is 0 Å². The van der Waals surface area contributed by atoms with Crippen LogP contribution in [0.3, 0.4) is 0 Å². The third kappa shape index (κ3) is 7.05. The van der Waals surface area contributed by atoms with Crippen LogP contribution in [-0.4, -0.2) is 62.1 Å². The van der Waals surface area contributed by atoms with Crippen LogP contribution in [0.2, 0.25) is 0 Å². The van der Waals surface area contributed by atoms with E-state index in [9.17, 15) is 0 Å². The van der Waals surface area contributed by atoms with E-state index in [0.29, 0.717) is 0 Å². The number of nitrogens with zero attached hydrogens (tertiary/aromatic N) is 3. The molecule has 1 aromatic rings. The molecule has 0 aliphatic rings. The van der Waals surface area contributed by atoms with Crippen molar-refractivity contribution in [1.29, 1.82) is 0 Å². The van der Waals surface area contributed by atoms with Crippen LogP contribution in [0.15, 0.2) is 24.5 Å². The van der Waals surface area contributed by atoms with Gasteiger partial charge in [-0.25, -0.2) is 0 Å². The molecule has 1 aromatic heterocycles. The average molecular weight is 236 g/mol. The average Bonchev–Trinajstić information content (AvgIpc) is 2.29. The molecular formula is C13H24N4. The maximum Gasteiger partial charge on any atom is 0.0271 e. The van der Waals surface area contributed by atoms with Gasteiger partial charge < -0.3 is 15.1 Å². The van der Waals surface area contributed by atoms with Crippen LogP contribution >= 0.6 is 0 Å². The Balaban J connectivity index is 2.07. The molecular weight excluding hydrogens is 212 g/mol. The van der Waals surface area contributed by atoms with Gasteiger partial charge in [0, 0.05) is 45.1 Å². The first-order chi connectivity index (χ1) is 8.18. The van der Waals surface area contributed by atoms with Crippen LogP contribution in [-0.2, 0) is 6.54 Å². The number of nitrogens with one attached hydrogen (secondary N) is 1. The summed E-state index contributed by atoms with van der Waals surface area (Å²) >= 11 is 0. The molecule has 0 radical (unpaired) electrons. The van der Waals surface area contributed by atoms with E-state index in [1.54, 1.807) is 0 Å². The van der Waals surface area contributed by atoms with Gasteiger partial charge in [-0.3, -0.25) is 4.98 Å². The van der Waals surface area contributed by atoms with Gasteiger partial charge in [-0.1, -0.05) is 0 Å². The fourth-order valence-electron chi connectivity index (χ4n) is 1.58. The highest BCUT2D eigenvalue weighted by Crippen LogP contribution is 1.99. The molecule has 1 rings (SSSR count). The van der Waals surface area contributed by atoms with Crippen molar-refractivity contribution in [3.8, 4) is 0 Å². The molecule has 0 saturated heterocycles. The lowest BCUT2D eigenvalue weighted by atomic mass is 10.2. The predicted molar refractivity (Wildman–Crippen MR) is 72.0 cm³/mol. The third-order valence-corrected chi connectivity index (χ3v) is 2.61. The lowest BCUT2D eigenvalue weighted by Gasteiger charge is -2.17. The summed E-state index contributed by atoms with van der Waals surface area (Å²) in [6.45, 7) is 5.23. The van der Waals surface area contributed by atoms with Gasteiger partial charge in [-0.05, 0) is 38.8 Å². The number of aromatic nitrogens is 1. The third-order valence-electron chi connectivity index (χ3n) is 2.61. The maximum absolute atomic E-state index is 4.02. The number of rotatable bonds is 8. The van der Waals surface area contributed by atoms with Gasteiger partial charge in [0.15, 0.2) is 0 Å². The van der Waals surface area contributed by atoms with Crippen molar-refractivity contribution in [1.82, 2.24) is 20.1 Å². The van der Waals surface area contributed by atoms with Crippen LogP contribution in [0.5, 0.6) is 0 Å². The molecule has 0 aliphatic carbocycles. The zero-order chi connectivity index (χ0) is 12.5. The molecule has 0 amide bonds. The van der Waals surface area contributed by atoms with E-state index in [1.807, 2.05) is 12.4 Å². The van der Waals surface area contributed by atoms with E-state index in [2.05, 4.69) is 53.4 Å². The van der Waals surface area contributed by atoms with E-state index >= 15 is 0 Å². The van der Waals surface area contributed by atoms with Gasteiger partial charge in [-0.15, -0.1) is 0 Å². The summed E-state index contributed by atoms with van der Waals surface area (Å²) in [5, 5.41) is 3.44. The van der Waals surface area contributed by atoms with Crippen molar-refractivity contribution in [3.63, 3.8) is 0 Å². The second-order valence-corrected chi connectivity index (χ2v) is 4.65. The topological polar surface area (TPSA) is 31.4 Å². The summed E-state index contributed by atoms with van der Waals surface area (Å²) in [6.07, 6.45) is 3.69. The Kier molecular flexibility index (Phi) is 6.77. The van der Waals surface area contributed by atoms with Crippen molar-refractivity contribution in [2.45, 2.75) is 6.54 Å². The summed E-state index contributed by atoms with van der Waals surface area (Å²) in [4.78, 5) is 8.53. The van der Waals surface area contributed by atoms with Crippen molar-refractivity contribution < 1.29 is 0 Å². The largest absolute Gasteiger partial charge is 0.314 e. The quantitative estimate of drug-likeness (QED) is 0.672. The number of pyridine rings is 1. The molecule has 4 heteroatoms. The highest BCUT2D eigenvalue weighted by atomic mass is 15.1. The molecule has 1 N–H and O–H groups in total.